The average molecular weight is 385 g/mol. The van der Waals surface area contributed by atoms with Crippen molar-refractivity contribution in [3.8, 4) is 0 Å². The molecule has 1 amide bonds. The molecule has 0 saturated carbocycles. The van der Waals surface area contributed by atoms with Crippen molar-refractivity contribution in [3.63, 3.8) is 0 Å². The van der Waals surface area contributed by atoms with Crippen molar-refractivity contribution < 1.29 is 18.8 Å². The van der Waals surface area contributed by atoms with Gasteiger partial charge in [0.1, 0.15) is 5.60 Å². The van der Waals surface area contributed by atoms with Crippen LogP contribution in [0.25, 0.3) is 12.2 Å². The van der Waals surface area contributed by atoms with Gasteiger partial charge in [-0.15, -0.1) is 0 Å². The van der Waals surface area contributed by atoms with Crippen molar-refractivity contribution in [2.24, 2.45) is 0 Å². The Labute approximate surface area is 169 Å². The molecule has 1 aromatic rings. The van der Waals surface area contributed by atoms with E-state index in [4.69, 9.17) is 14.0 Å². The van der Waals surface area contributed by atoms with Crippen LogP contribution in [0.15, 0.2) is 36.3 Å². The maximum absolute atomic E-state index is 12.1. The summed E-state index contributed by atoms with van der Waals surface area (Å²) in [5.41, 5.74) is 1.27. The molecular weight excluding hydrogens is 353 g/mol. The predicted molar refractivity (Wildman–Crippen MR) is 115 cm³/mol. The molecule has 0 radical (unpaired) electrons. The fourth-order valence-electron chi connectivity index (χ4n) is 2.71. The molecule has 1 heterocycles. The van der Waals surface area contributed by atoms with Crippen molar-refractivity contribution in [2.45, 2.75) is 65.3 Å². The van der Waals surface area contributed by atoms with E-state index in [1.54, 1.807) is 6.08 Å². The van der Waals surface area contributed by atoms with E-state index < -0.39 is 30.0 Å². The average Bonchev–Trinajstić information content (AvgIpc) is 2.78. The number of rotatable bonds is 5. The van der Waals surface area contributed by atoms with Crippen LogP contribution in [0, 0.1) is 0 Å². The number of hydrogen-bond acceptors (Lipinski definition) is 4. The van der Waals surface area contributed by atoms with E-state index >= 15 is 0 Å². The first-order valence-corrected chi connectivity index (χ1v) is 9.59. The van der Waals surface area contributed by atoms with Crippen LogP contribution in [0.1, 0.15) is 59.6 Å². The molecule has 152 valence electrons. The van der Waals surface area contributed by atoms with Gasteiger partial charge in [-0.1, -0.05) is 43.0 Å². The minimum Gasteiger partial charge on any atom is -0.444 e. The molecule has 2 rings (SSSR count). The zero-order chi connectivity index (χ0) is 21.2. The summed E-state index contributed by atoms with van der Waals surface area (Å²) >= 11 is 0. The minimum absolute atomic E-state index is 0.247. The van der Waals surface area contributed by atoms with Crippen LogP contribution < -0.4 is 5.32 Å². The summed E-state index contributed by atoms with van der Waals surface area (Å²) in [6.45, 7) is 17.6. The highest BCUT2D eigenvalue weighted by Gasteiger charge is 2.52. The van der Waals surface area contributed by atoms with E-state index in [1.165, 1.54) is 0 Å². The molecule has 0 spiro atoms. The van der Waals surface area contributed by atoms with Crippen molar-refractivity contribution in [1.82, 2.24) is 5.32 Å². The Morgan fingerprint density at radius 1 is 1.14 bits per heavy atom. The molecule has 1 N–H and O–H groups in total. The lowest BCUT2D eigenvalue weighted by Gasteiger charge is -2.32. The Morgan fingerprint density at radius 2 is 1.68 bits per heavy atom. The summed E-state index contributed by atoms with van der Waals surface area (Å²) < 4.78 is 17.7. The number of ether oxygens (including phenoxy) is 1. The van der Waals surface area contributed by atoms with Crippen LogP contribution in [-0.2, 0) is 14.0 Å². The number of carbonyl (C=O) groups is 1. The molecule has 1 aliphatic heterocycles. The number of hydrogen-bond donors (Lipinski definition) is 1. The third-order valence-electron chi connectivity index (χ3n) is 4.95. The largest absolute Gasteiger partial charge is 0.492 e. The highest BCUT2D eigenvalue weighted by Crippen LogP contribution is 2.38. The van der Waals surface area contributed by atoms with Crippen molar-refractivity contribution in [2.75, 3.05) is 6.54 Å². The third kappa shape index (κ3) is 5.49. The van der Waals surface area contributed by atoms with Crippen LogP contribution in [0.3, 0.4) is 0 Å². The van der Waals surface area contributed by atoms with Gasteiger partial charge >= 0.3 is 13.2 Å². The Hall–Kier alpha value is -2.05. The summed E-state index contributed by atoms with van der Waals surface area (Å²) in [7, 11) is -0.571. The molecule has 1 aliphatic rings. The van der Waals surface area contributed by atoms with Gasteiger partial charge in [0.05, 0.1) is 11.2 Å². The van der Waals surface area contributed by atoms with Gasteiger partial charge in [0.15, 0.2) is 0 Å². The van der Waals surface area contributed by atoms with E-state index in [9.17, 15) is 4.79 Å². The van der Waals surface area contributed by atoms with Gasteiger partial charge in [-0.2, -0.15) is 0 Å². The molecule has 0 bridgehead atoms. The Bertz CT molecular complexity index is 746. The maximum Gasteiger partial charge on any atom is 0.492 e. The predicted octanol–water partition coefficient (Wildman–Crippen LogP) is 4.87. The van der Waals surface area contributed by atoms with Crippen LogP contribution in [0.2, 0.25) is 0 Å². The lowest BCUT2D eigenvalue weighted by molar-refractivity contribution is 0.00578. The van der Waals surface area contributed by atoms with Gasteiger partial charge in [-0.3, -0.25) is 0 Å². The highest BCUT2D eigenvalue weighted by atomic mass is 16.7. The van der Waals surface area contributed by atoms with Crippen LogP contribution in [0.5, 0.6) is 0 Å². The first-order chi connectivity index (χ1) is 12.8. The zero-order valence-corrected chi connectivity index (χ0v) is 18.1. The van der Waals surface area contributed by atoms with Gasteiger partial charge in [0.2, 0.25) is 0 Å². The second-order valence-corrected chi connectivity index (χ2v) is 9.00. The second-order valence-electron chi connectivity index (χ2n) is 9.00. The number of benzene rings is 1. The molecule has 6 heteroatoms. The monoisotopic (exact) mass is 385 g/mol. The van der Waals surface area contributed by atoms with Crippen molar-refractivity contribution >= 4 is 25.4 Å². The quantitative estimate of drug-likeness (QED) is 0.735. The fraction of sp³-hybridized carbons (Fsp3) is 0.500. The Balaban J connectivity index is 2.30. The van der Waals surface area contributed by atoms with Crippen LogP contribution in [0.4, 0.5) is 4.79 Å². The standard InChI is InChI=1S/C22H32BNO4/c1-9-16-12-10-11-13-17(16)14-18(15-24-19(25)26-20(2,3)4)23-27-21(5,6)22(7,8)28-23/h9-14H,1,15H2,2-8H3,(H,24,25). The van der Waals surface area contributed by atoms with E-state index in [0.717, 1.165) is 16.6 Å². The lowest BCUT2D eigenvalue weighted by atomic mass is 9.76. The first kappa shape index (κ1) is 22.2. The molecule has 1 aromatic carbocycles. The smallest absolute Gasteiger partial charge is 0.444 e. The van der Waals surface area contributed by atoms with Gasteiger partial charge < -0.3 is 19.4 Å². The minimum atomic E-state index is -0.571. The molecule has 5 nitrogen and oxygen atoms in total. The number of alkyl carbamates (subject to hydrolysis) is 1. The molecule has 1 fully saturated rings. The number of amides is 1. The van der Waals surface area contributed by atoms with Gasteiger partial charge in [0, 0.05) is 6.54 Å². The maximum atomic E-state index is 12.1. The SMILES string of the molecule is C=Cc1ccccc1C=C(CNC(=O)OC(C)(C)C)B1OC(C)(C)C(C)(C)O1. The van der Waals surface area contributed by atoms with Gasteiger partial charge in [0.25, 0.3) is 0 Å². The zero-order valence-electron chi connectivity index (χ0n) is 18.1. The molecule has 0 atom stereocenters. The number of carbonyl (C=O) groups excluding carboxylic acids is 1. The Morgan fingerprint density at radius 3 is 2.18 bits per heavy atom. The molecule has 28 heavy (non-hydrogen) atoms. The summed E-state index contributed by atoms with van der Waals surface area (Å²) in [4.78, 5) is 12.1. The summed E-state index contributed by atoms with van der Waals surface area (Å²) in [5, 5.41) is 2.81. The van der Waals surface area contributed by atoms with E-state index in [0.29, 0.717) is 0 Å². The van der Waals surface area contributed by atoms with Crippen LogP contribution in [-0.4, -0.2) is 36.6 Å². The topological polar surface area (TPSA) is 56.8 Å². The molecule has 0 aliphatic carbocycles. The second kappa shape index (κ2) is 8.14. The van der Waals surface area contributed by atoms with Crippen molar-refractivity contribution in [3.05, 3.63) is 47.4 Å². The molecule has 0 aromatic heterocycles. The first-order valence-electron chi connectivity index (χ1n) is 9.59. The van der Waals surface area contributed by atoms with Crippen molar-refractivity contribution in [1.29, 1.82) is 0 Å². The van der Waals surface area contributed by atoms with E-state index in [-0.39, 0.29) is 6.54 Å². The molecule has 1 saturated heterocycles. The summed E-state index contributed by atoms with van der Waals surface area (Å²) in [6.07, 6.45) is 3.30. The molecule has 0 unspecified atom stereocenters. The van der Waals surface area contributed by atoms with E-state index in [1.807, 2.05) is 78.8 Å². The van der Waals surface area contributed by atoms with E-state index in [2.05, 4.69) is 11.9 Å². The number of nitrogens with one attached hydrogen (secondary N) is 1. The normalized spacial score (nSPS) is 18.7. The Kier molecular flexibility index (Phi) is 6.46. The lowest BCUT2D eigenvalue weighted by Crippen LogP contribution is -2.41. The highest BCUT2D eigenvalue weighted by molar-refractivity contribution is 6.56. The summed E-state index contributed by atoms with van der Waals surface area (Å²) in [6, 6.07) is 7.90. The fourth-order valence-corrected chi connectivity index (χ4v) is 2.71. The third-order valence-corrected chi connectivity index (χ3v) is 4.95. The van der Waals surface area contributed by atoms with Crippen LogP contribution >= 0.6 is 0 Å². The molecular formula is C22H32BNO4. The summed E-state index contributed by atoms with van der Waals surface area (Å²) in [5.74, 6) is 0. The van der Waals surface area contributed by atoms with Gasteiger partial charge in [-0.05, 0) is 65.1 Å². The van der Waals surface area contributed by atoms with Gasteiger partial charge in [-0.25, -0.2) is 4.79 Å².